The van der Waals surface area contributed by atoms with Crippen molar-refractivity contribution in [2.24, 2.45) is 0 Å². The number of nitro groups is 1. The van der Waals surface area contributed by atoms with Crippen molar-refractivity contribution in [2.75, 3.05) is 12.4 Å². The molecule has 0 radical (unpaired) electrons. The molecule has 0 saturated carbocycles. The second kappa shape index (κ2) is 5.87. The highest BCUT2D eigenvalue weighted by Gasteiger charge is 2.12. The van der Waals surface area contributed by atoms with Crippen LogP contribution in [0.2, 0.25) is 0 Å². The first-order valence-electron chi connectivity index (χ1n) is 5.46. The number of hydrogen-bond donors (Lipinski definition) is 1. The Hall–Kier alpha value is -1.83. The Labute approximate surface area is 123 Å². The third kappa shape index (κ3) is 3.14. The van der Waals surface area contributed by atoms with E-state index >= 15 is 0 Å². The number of nitro benzene ring substituents is 1. The number of para-hydroxylation sites is 2. The van der Waals surface area contributed by atoms with Crippen LogP contribution in [0.3, 0.4) is 0 Å². The van der Waals surface area contributed by atoms with Gasteiger partial charge in [0.15, 0.2) is 0 Å². The minimum Gasteiger partial charge on any atom is -0.495 e. The monoisotopic (exact) mass is 370 g/mol. The summed E-state index contributed by atoms with van der Waals surface area (Å²) in [6, 6.07) is 12.4. The molecule has 0 unspecified atom stereocenters. The van der Waals surface area contributed by atoms with Crippen molar-refractivity contribution in [2.45, 2.75) is 0 Å². The summed E-state index contributed by atoms with van der Waals surface area (Å²) in [4.78, 5) is 10.4. The Morgan fingerprint density at radius 1 is 1.26 bits per heavy atom. The van der Waals surface area contributed by atoms with Crippen LogP contribution in [-0.4, -0.2) is 12.0 Å². The molecule has 0 spiro atoms. The molecule has 5 nitrogen and oxygen atoms in total. The Morgan fingerprint density at radius 3 is 2.63 bits per heavy atom. The fraction of sp³-hybridized carbons (Fsp3) is 0.0769. The van der Waals surface area contributed by atoms with E-state index in [-0.39, 0.29) is 5.69 Å². The molecule has 6 heteroatoms. The molecular weight excluding hydrogens is 359 g/mol. The van der Waals surface area contributed by atoms with Crippen molar-refractivity contribution >= 4 is 39.7 Å². The molecule has 19 heavy (non-hydrogen) atoms. The van der Waals surface area contributed by atoms with Gasteiger partial charge in [-0.25, -0.2) is 0 Å². The number of nitrogens with zero attached hydrogens (tertiary/aromatic N) is 1. The quantitative estimate of drug-likeness (QED) is 0.503. The summed E-state index contributed by atoms with van der Waals surface area (Å²) in [7, 11) is 1.60. The highest BCUT2D eigenvalue weighted by Crippen LogP contribution is 2.30. The van der Waals surface area contributed by atoms with Crippen molar-refractivity contribution in [1.82, 2.24) is 0 Å². The van der Waals surface area contributed by atoms with Gasteiger partial charge in [-0.05, 0) is 46.9 Å². The van der Waals surface area contributed by atoms with E-state index in [1.54, 1.807) is 19.2 Å². The van der Waals surface area contributed by atoms with Gasteiger partial charge in [0.1, 0.15) is 5.75 Å². The fourth-order valence-corrected chi connectivity index (χ4v) is 2.35. The van der Waals surface area contributed by atoms with E-state index in [9.17, 15) is 10.1 Å². The van der Waals surface area contributed by atoms with Crippen molar-refractivity contribution in [3.8, 4) is 5.75 Å². The van der Waals surface area contributed by atoms with Crippen LogP contribution in [0.25, 0.3) is 0 Å². The van der Waals surface area contributed by atoms with Gasteiger partial charge < -0.3 is 10.1 Å². The zero-order valence-electron chi connectivity index (χ0n) is 10.1. The van der Waals surface area contributed by atoms with E-state index in [1.807, 2.05) is 46.9 Å². The predicted octanol–water partition coefficient (Wildman–Crippen LogP) is 3.95. The zero-order valence-corrected chi connectivity index (χ0v) is 12.2. The Kier molecular flexibility index (Phi) is 4.20. The Morgan fingerprint density at radius 2 is 2.00 bits per heavy atom. The molecule has 1 N–H and O–H groups in total. The van der Waals surface area contributed by atoms with Crippen LogP contribution in [0, 0.1) is 13.7 Å². The van der Waals surface area contributed by atoms with Gasteiger partial charge in [0.05, 0.1) is 21.3 Å². The summed E-state index contributed by atoms with van der Waals surface area (Å²) in [6.07, 6.45) is 0. The first kappa shape index (κ1) is 13.6. The summed E-state index contributed by atoms with van der Waals surface area (Å²) in [5, 5.41) is 13.9. The van der Waals surface area contributed by atoms with E-state index in [2.05, 4.69) is 5.32 Å². The van der Waals surface area contributed by atoms with Crippen LogP contribution < -0.4 is 10.1 Å². The van der Waals surface area contributed by atoms with Crippen molar-refractivity contribution in [3.05, 3.63) is 56.1 Å². The Bertz CT molecular complexity index is 617. The van der Waals surface area contributed by atoms with Gasteiger partial charge in [0.2, 0.25) is 0 Å². The number of benzene rings is 2. The van der Waals surface area contributed by atoms with Gasteiger partial charge in [0, 0.05) is 11.8 Å². The molecule has 0 atom stereocenters. The lowest BCUT2D eigenvalue weighted by molar-refractivity contribution is -0.385. The molecule has 0 heterocycles. The first-order valence-corrected chi connectivity index (χ1v) is 6.53. The zero-order chi connectivity index (χ0) is 13.8. The maximum Gasteiger partial charge on any atom is 0.282 e. The predicted molar refractivity (Wildman–Crippen MR) is 82.1 cm³/mol. The summed E-state index contributed by atoms with van der Waals surface area (Å²) in [5.74, 6) is 0.718. The van der Waals surface area contributed by atoms with Crippen LogP contribution in [0.4, 0.5) is 17.1 Å². The second-order valence-electron chi connectivity index (χ2n) is 3.75. The summed E-state index contributed by atoms with van der Waals surface area (Å²) in [5.41, 5.74) is 1.69. The molecule has 0 fully saturated rings. The SMILES string of the molecule is COc1ccccc1Nc1ccc([N+](=O)[O-])c(I)c1. The maximum atomic E-state index is 10.8. The van der Waals surface area contributed by atoms with Gasteiger partial charge >= 0.3 is 0 Å². The van der Waals surface area contributed by atoms with Gasteiger partial charge in [-0.1, -0.05) is 12.1 Å². The minimum absolute atomic E-state index is 0.103. The van der Waals surface area contributed by atoms with Gasteiger partial charge in [0.25, 0.3) is 5.69 Å². The van der Waals surface area contributed by atoms with E-state index in [0.29, 0.717) is 3.57 Å². The molecule has 2 aromatic carbocycles. The lowest BCUT2D eigenvalue weighted by Crippen LogP contribution is -1.96. The van der Waals surface area contributed by atoms with Crippen LogP contribution in [-0.2, 0) is 0 Å². The lowest BCUT2D eigenvalue weighted by atomic mass is 10.2. The highest BCUT2D eigenvalue weighted by atomic mass is 127. The van der Waals surface area contributed by atoms with Crippen LogP contribution in [0.1, 0.15) is 0 Å². The summed E-state index contributed by atoms with van der Waals surface area (Å²) >= 11 is 1.95. The summed E-state index contributed by atoms with van der Waals surface area (Å²) < 4.78 is 5.82. The first-order chi connectivity index (χ1) is 9.11. The highest BCUT2D eigenvalue weighted by molar-refractivity contribution is 14.1. The molecule has 0 bridgehead atoms. The third-order valence-corrected chi connectivity index (χ3v) is 3.39. The average molecular weight is 370 g/mol. The smallest absolute Gasteiger partial charge is 0.282 e. The number of methoxy groups -OCH3 is 1. The van der Waals surface area contributed by atoms with Crippen LogP contribution in [0.15, 0.2) is 42.5 Å². The van der Waals surface area contributed by atoms with Crippen LogP contribution in [0.5, 0.6) is 5.75 Å². The number of halogens is 1. The molecule has 2 rings (SSSR count). The molecule has 0 aliphatic heterocycles. The molecule has 0 aliphatic rings. The average Bonchev–Trinajstić information content (AvgIpc) is 2.39. The fourth-order valence-electron chi connectivity index (χ4n) is 1.64. The molecule has 98 valence electrons. The molecule has 0 aliphatic carbocycles. The number of nitrogens with one attached hydrogen (secondary N) is 1. The van der Waals surface area contributed by atoms with Crippen LogP contribution >= 0.6 is 22.6 Å². The van der Waals surface area contributed by atoms with E-state index in [4.69, 9.17) is 4.74 Å². The van der Waals surface area contributed by atoms with Gasteiger partial charge in [-0.3, -0.25) is 10.1 Å². The van der Waals surface area contributed by atoms with Crippen molar-refractivity contribution in [1.29, 1.82) is 0 Å². The molecule has 0 amide bonds. The molecule has 0 aromatic heterocycles. The van der Waals surface area contributed by atoms with E-state index in [1.165, 1.54) is 6.07 Å². The number of ether oxygens (including phenoxy) is 1. The standard InChI is InChI=1S/C13H11IN2O3/c1-19-13-5-3-2-4-11(13)15-9-6-7-12(16(17)18)10(14)8-9/h2-8,15H,1H3. The van der Waals surface area contributed by atoms with E-state index in [0.717, 1.165) is 17.1 Å². The minimum atomic E-state index is -0.394. The van der Waals surface area contributed by atoms with E-state index < -0.39 is 4.92 Å². The maximum absolute atomic E-state index is 10.8. The lowest BCUT2D eigenvalue weighted by Gasteiger charge is -2.11. The number of hydrogen-bond acceptors (Lipinski definition) is 4. The molecule has 2 aromatic rings. The largest absolute Gasteiger partial charge is 0.495 e. The molecule has 0 saturated heterocycles. The van der Waals surface area contributed by atoms with Crippen molar-refractivity contribution < 1.29 is 9.66 Å². The second-order valence-corrected chi connectivity index (χ2v) is 4.91. The summed E-state index contributed by atoms with van der Waals surface area (Å²) in [6.45, 7) is 0. The van der Waals surface area contributed by atoms with Gasteiger partial charge in [-0.2, -0.15) is 0 Å². The normalized spacial score (nSPS) is 10.0. The molecular formula is C13H11IN2O3. The topological polar surface area (TPSA) is 64.4 Å². The van der Waals surface area contributed by atoms with Gasteiger partial charge in [-0.15, -0.1) is 0 Å². The number of rotatable bonds is 4. The third-order valence-electron chi connectivity index (χ3n) is 2.53. The Balaban J connectivity index is 2.29. The van der Waals surface area contributed by atoms with Crippen molar-refractivity contribution in [3.63, 3.8) is 0 Å². The number of anilines is 2.